The molecule has 0 aliphatic heterocycles. The molecule has 0 fully saturated rings. The molecule has 0 saturated heterocycles. The van der Waals surface area contributed by atoms with Gasteiger partial charge in [0, 0.05) is 0 Å². The average Bonchev–Trinajstić information content (AvgIpc) is 2.91. The van der Waals surface area contributed by atoms with Crippen molar-refractivity contribution in [2.75, 3.05) is 0 Å². The lowest BCUT2D eigenvalue weighted by Gasteiger charge is -2.17. The maximum absolute atomic E-state index is 2.52. The smallest absolute Gasteiger partial charge is 0.0443 e. The first-order valence-corrected chi connectivity index (χ1v) is 19.0. The number of hydrogen-bond donors (Lipinski definition) is 0. The van der Waals surface area contributed by atoms with E-state index < -0.39 is 0 Å². The van der Waals surface area contributed by atoms with Gasteiger partial charge in [-0.3, -0.25) is 0 Å². The monoisotopic (exact) mass is 549 g/mol. The van der Waals surface area contributed by atoms with Crippen molar-refractivity contribution in [3.05, 3.63) is 0 Å². The fourth-order valence-electron chi connectivity index (χ4n) is 6.63. The Kier molecular flexibility index (Phi) is 30.9. The molecule has 0 N–H and O–H groups in total. The quantitative estimate of drug-likeness (QED) is 0.0733. The largest absolute Gasteiger partial charge is 0.0654 e. The molecule has 236 valence electrons. The Morgan fingerprint density at radius 3 is 0.641 bits per heavy atom. The lowest BCUT2D eigenvalue weighted by Crippen LogP contribution is -2.02. The van der Waals surface area contributed by atoms with E-state index in [2.05, 4.69) is 41.5 Å². The van der Waals surface area contributed by atoms with E-state index in [1.54, 1.807) is 0 Å². The van der Waals surface area contributed by atoms with E-state index in [-0.39, 0.29) is 0 Å². The number of rotatable bonds is 32. The molecule has 4 unspecified atom stereocenters. The van der Waals surface area contributed by atoms with Gasteiger partial charge >= 0.3 is 0 Å². The molecule has 0 aromatic rings. The molecule has 39 heavy (non-hydrogen) atoms. The van der Waals surface area contributed by atoms with Crippen LogP contribution < -0.4 is 0 Å². The summed E-state index contributed by atoms with van der Waals surface area (Å²) in [5.74, 6) is 3.77. The van der Waals surface area contributed by atoms with Crippen LogP contribution in [0.4, 0.5) is 0 Å². The van der Waals surface area contributed by atoms with Gasteiger partial charge in [-0.1, -0.05) is 228 Å². The average molecular weight is 549 g/mol. The summed E-state index contributed by atoms with van der Waals surface area (Å²) in [6.07, 6.45) is 42.4. The van der Waals surface area contributed by atoms with Gasteiger partial charge in [-0.05, 0) is 23.7 Å². The van der Waals surface area contributed by atoms with E-state index in [0.717, 1.165) is 23.7 Å². The second-order valence-corrected chi connectivity index (χ2v) is 14.4. The molecule has 4 atom stereocenters. The predicted octanol–water partition coefficient (Wildman–Crippen LogP) is 14.9. The molecule has 0 aliphatic rings. The van der Waals surface area contributed by atoms with Crippen LogP contribution in [0.3, 0.4) is 0 Å². The van der Waals surface area contributed by atoms with Crippen molar-refractivity contribution in [1.82, 2.24) is 0 Å². The SMILES string of the molecule is CCCCCCCCCCCCC(C)CCCC(C)CCCC(C)CCCC(C)CCCCCCCCCC. The van der Waals surface area contributed by atoms with Gasteiger partial charge in [-0.2, -0.15) is 0 Å². The standard InChI is InChI=1S/C39H80/c1-7-9-11-13-15-17-18-20-22-24-29-37(4)31-26-33-39(6)35-27-34-38(5)32-25-30-36(3)28-23-21-19-16-14-12-10-8-2/h36-39H,7-35H2,1-6H3. The van der Waals surface area contributed by atoms with Gasteiger partial charge in [0.25, 0.3) is 0 Å². The van der Waals surface area contributed by atoms with Crippen LogP contribution in [0.1, 0.15) is 228 Å². The summed E-state index contributed by atoms with van der Waals surface area (Å²) < 4.78 is 0. The maximum Gasteiger partial charge on any atom is -0.0443 e. The summed E-state index contributed by atoms with van der Waals surface area (Å²) in [4.78, 5) is 0. The lowest BCUT2D eigenvalue weighted by atomic mass is 9.89. The molecule has 0 aromatic carbocycles. The zero-order chi connectivity index (χ0) is 28.8. The molecule has 0 saturated carbocycles. The summed E-state index contributed by atoms with van der Waals surface area (Å²) in [6, 6.07) is 0. The highest BCUT2D eigenvalue weighted by molar-refractivity contribution is 4.62. The van der Waals surface area contributed by atoms with Crippen molar-refractivity contribution >= 4 is 0 Å². The third-order valence-electron chi connectivity index (χ3n) is 9.78. The van der Waals surface area contributed by atoms with Crippen LogP contribution in [-0.2, 0) is 0 Å². The molecule has 0 aromatic heterocycles. The zero-order valence-corrected chi connectivity index (χ0v) is 28.8. The third-order valence-corrected chi connectivity index (χ3v) is 9.78. The van der Waals surface area contributed by atoms with Gasteiger partial charge in [0.2, 0.25) is 0 Å². The van der Waals surface area contributed by atoms with Crippen molar-refractivity contribution in [2.45, 2.75) is 228 Å². The molecule has 0 rings (SSSR count). The van der Waals surface area contributed by atoms with Crippen LogP contribution in [0.15, 0.2) is 0 Å². The van der Waals surface area contributed by atoms with Gasteiger partial charge in [-0.15, -0.1) is 0 Å². The number of hydrogen-bond acceptors (Lipinski definition) is 0. The van der Waals surface area contributed by atoms with Crippen molar-refractivity contribution < 1.29 is 0 Å². The van der Waals surface area contributed by atoms with Crippen molar-refractivity contribution in [3.8, 4) is 0 Å². The minimum absolute atomic E-state index is 0.938. The number of unbranched alkanes of at least 4 members (excludes halogenated alkanes) is 16. The van der Waals surface area contributed by atoms with Crippen molar-refractivity contribution in [1.29, 1.82) is 0 Å². The highest BCUT2D eigenvalue weighted by Gasteiger charge is 2.09. The summed E-state index contributed by atoms with van der Waals surface area (Å²) >= 11 is 0. The first kappa shape index (κ1) is 39.0. The summed E-state index contributed by atoms with van der Waals surface area (Å²) in [5, 5.41) is 0. The molecule has 0 bridgehead atoms. The molecule has 0 aliphatic carbocycles. The normalized spacial score (nSPS) is 14.9. The summed E-state index contributed by atoms with van der Waals surface area (Å²) in [5.41, 5.74) is 0. The van der Waals surface area contributed by atoms with E-state index in [0.29, 0.717) is 0 Å². The van der Waals surface area contributed by atoms with E-state index in [9.17, 15) is 0 Å². The first-order chi connectivity index (χ1) is 19.0. The third kappa shape index (κ3) is 30.8. The molecule has 0 heterocycles. The molecule has 0 radical (unpaired) electrons. The topological polar surface area (TPSA) is 0 Å². The molecule has 0 spiro atoms. The zero-order valence-electron chi connectivity index (χ0n) is 28.8. The van der Waals surface area contributed by atoms with E-state index >= 15 is 0 Å². The maximum atomic E-state index is 2.52. The molecule has 0 amide bonds. The second kappa shape index (κ2) is 30.9. The highest BCUT2D eigenvalue weighted by atomic mass is 14.2. The van der Waals surface area contributed by atoms with Crippen LogP contribution in [0.5, 0.6) is 0 Å². The second-order valence-electron chi connectivity index (χ2n) is 14.4. The van der Waals surface area contributed by atoms with Crippen molar-refractivity contribution in [3.63, 3.8) is 0 Å². The van der Waals surface area contributed by atoms with E-state index in [1.807, 2.05) is 0 Å². The predicted molar refractivity (Wildman–Crippen MR) is 182 cm³/mol. The van der Waals surface area contributed by atoms with E-state index in [1.165, 1.54) is 186 Å². The Morgan fingerprint density at radius 2 is 0.410 bits per heavy atom. The van der Waals surface area contributed by atoms with Crippen LogP contribution >= 0.6 is 0 Å². The lowest BCUT2D eigenvalue weighted by molar-refractivity contribution is 0.364. The minimum atomic E-state index is 0.938. The Balaban J connectivity index is 3.48. The van der Waals surface area contributed by atoms with Gasteiger partial charge in [0.05, 0.1) is 0 Å². The van der Waals surface area contributed by atoms with Crippen LogP contribution in [0.2, 0.25) is 0 Å². The minimum Gasteiger partial charge on any atom is -0.0654 e. The van der Waals surface area contributed by atoms with Crippen LogP contribution in [0, 0.1) is 23.7 Å². The van der Waals surface area contributed by atoms with Gasteiger partial charge in [0.1, 0.15) is 0 Å². The Morgan fingerprint density at radius 1 is 0.231 bits per heavy atom. The van der Waals surface area contributed by atoms with Gasteiger partial charge < -0.3 is 0 Å². The summed E-state index contributed by atoms with van der Waals surface area (Å²) in [6.45, 7) is 14.7. The summed E-state index contributed by atoms with van der Waals surface area (Å²) in [7, 11) is 0. The van der Waals surface area contributed by atoms with E-state index in [4.69, 9.17) is 0 Å². The van der Waals surface area contributed by atoms with Crippen LogP contribution in [-0.4, -0.2) is 0 Å². The molecule has 0 nitrogen and oxygen atoms in total. The highest BCUT2D eigenvalue weighted by Crippen LogP contribution is 2.24. The van der Waals surface area contributed by atoms with Crippen LogP contribution in [0.25, 0.3) is 0 Å². The molecular formula is C39H80. The molecule has 0 heteroatoms. The van der Waals surface area contributed by atoms with Crippen molar-refractivity contribution in [2.24, 2.45) is 23.7 Å². The fourth-order valence-corrected chi connectivity index (χ4v) is 6.63. The molecular weight excluding hydrogens is 468 g/mol. The Bertz CT molecular complexity index is 439. The Labute approximate surface area is 251 Å². The van der Waals surface area contributed by atoms with Gasteiger partial charge in [0.15, 0.2) is 0 Å². The Hall–Kier alpha value is 0. The fraction of sp³-hybridized carbons (Fsp3) is 1.00. The van der Waals surface area contributed by atoms with Gasteiger partial charge in [-0.25, -0.2) is 0 Å². The first-order valence-electron chi connectivity index (χ1n) is 19.0.